The van der Waals surface area contributed by atoms with Gasteiger partial charge < -0.3 is 20.4 Å². The average molecular weight is 1230 g/mol. The van der Waals surface area contributed by atoms with Crippen LogP contribution in [0.15, 0.2) is 23.3 Å². The molecule has 0 heterocycles. The maximum Gasteiger partial charge on any atom is 0.155 e. The summed E-state index contributed by atoms with van der Waals surface area (Å²) in [4.78, 5) is 48.4. The lowest BCUT2D eigenvalue weighted by Crippen LogP contribution is -2.54. The number of rotatable bonds is 2. The maximum atomic E-state index is 12.5. The van der Waals surface area contributed by atoms with Gasteiger partial charge in [0, 0.05) is 36.5 Å². The Kier molecular flexibility index (Phi) is 17.6. The fraction of sp³-hybridized carbons (Fsp3) is 0.854. The summed E-state index contributed by atoms with van der Waals surface area (Å²) in [5.41, 5.74) is 0.548. The van der Waals surface area contributed by atoms with E-state index in [-0.39, 0.29) is 21.7 Å². The van der Waals surface area contributed by atoms with Crippen molar-refractivity contribution in [3.63, 3.8) is 0 Å². The first-order valence-electron chi connectivity index (χ1n) is 38.1. The molecule has 0 saturated heterocycles. The SMILES string of the molecule is C#C[C@]1(O)CC[C@@H]2C3CC[C@]4(C)C(=O)CCC4[C@@H]3CC[C@@H]2C1.C#C[C@]1(O)CC[C@@H]2C3CC[C@]4(C)C(=O)CCC4[C@@H]3[C@H](C)C[C@@H]2C1.CC[C@]1(O)CC[C@H]2[C@@H]3CCC4=CC(=O)CC[C@@H]4[C@H]3CC[C@@]21C.CC[C@]1(O)CC[C@H]2[C@H]3[C@H](CC[C@@]21C)[C@H]1CCC(=O)C=C1C[C@H]3C. The molecule has 16 rings (SSSR count). The molecule has 14 fully saturated rings. The van der Waals surface area contributed by atoms with E-state index in [2.05, 4.69) is 67.2 Å². The quantitative estimate of drug-likeness (QED) is 0.200. The van der Waals surface area contributed by atoms with Gasteiger partial charge >= 0.3 is 0 Å². The largest absolute Gasteiger partial charge is 0.389 e. The van der Waals surface area contributed by atoms with Gasteiger partial charge in [0.15, 0.2) is 11.6 Å². The van der Waals surface area contributed by atoms with Gasteiger partial charge in [0.1, 0.15) is 22.8 Å². The summed E-state index contributed by atoms with van der Waals surface area (Å²) in [6, 6.07) is 0. The van der Waals surface area contributed by atoms with Gasteiger partial charge in [0.05, 0.1) is 11.2 Å². The molecule has 16 aliphatic carbocycles. The van der Waals surface area contributed by atoms with Crippen LogP contribution < -0.4 is 0 Å². The third-order valence-electron chi connectivity index (χ3n) is 33.1. The Morgan fingerprint density at radius 2 is 0.922 bits per heavy atom. The second kappa shape index (κ2) is 24.0. The zero-order valence-electron chi connectivity index (χ0n) is 57.3. The second-order valence-corrected chi connectivity index (χ2v) is 36.0. The lowest BCUT2D eigenvalue weighted by molar-refractivity contribution is -0.138. The average Bonchev–Trinajstić information content (AvgIpc) is 1.49. The molecule has 4 unspecified atom stereocenters. The number of ketones is 4. The predicted octanol–water partition coefficient (Wildman–Crippen LogP) is 16.2. The van der Waals surface area contributed by atoms with Crippen LogP contribution >= 0.6 is 0 Å². The minimum absolute atomic E-state index is 0.0117. The summed E-state index contributed by atoms with van der Waals surface area (Å²) in [5.74, 6) is 21.1. The van der Waals surface area contributed by atoms with E-state index in [0.717, 1.165) is 200 Å². The summed E-state index contributed by atoms with van der Waals surface area (Å²) in [5, 5.41) is 43.4. The number of hydrogen-bond donors (Lipinski definition) is 4. The van der Waals surface area contributed by atoms with E-state index in [4.69, 9.17) is 12.8 Å². The molecule has 8 nitrogen and oxygen atoms in total. The molecule has 0 spiro atoms. The highest BCUT2D eigenvalue weighted by Crippen LogP contribution is 2.69. The smallest absolute Gasteiger partial charge is 0.155 e. The molecule has 0 aromatic carbocycles. The molecule has 0 radical (unpaired) electrons. The molecule has 0 aromatic rings. The van der Waals surface area contributed by atoms with Crippen LogP contribution in [-0.4, -0.2) is 66.0 Å². The van der Waals surface area contributed by atoms with E-state index in [9.17, 15) is 39.6 Å². The highest BCUT2D eigenvalue weighted by molar-refractivity contribution is 5.92. The van der Waals surface area contributed by atoms with Gasteiger partial charge in [-0.15, -0.1) is 12.8 Å². The van der Waals surface area contributed by atoms with Crippen LogP contribution in [0.4, 0.5) is 0 Å². The molecule has 28 atom stereocenters. The van der Waals surface area contributed by atoms with Crippen molar-refractivity contribution in [2.45, 2.75) is 296 Å². The van der Waals surface area contributed by atoms with Crippen molar-refractivity contribution < 1.29 is 39.6 Å². The van der Waals surface area contributed by atoms with Gasteiger partial charge in [-0.05, 0) is 334 Å². The minimum Gasteiger partial charge on any atom is -0.389 e. The third kappa shape index (κ3) is 10.5. The summed E-state index contributed by atoms with van der Waals surface area (Å²) < 4.78 is 0. The van der Waals surface area contributed by atoms with Gasteiger partial charge in [-0.3, -0.25) is 19.2 Å². The standard InChI is InChI=1S/C21H30O2.C21H32O2.C20H30O2.C20H28O2/c1-4-21(23)10-8-15-14(12-21)11-13(2)19-16(15)7-9-20(3)17(19)5-6-18(20)22;1-4-21(23)10-8-18-19-13(2)11-14-12-15(22)5-6-16(14)17(19)7-9-20(18,21)3;1-3-20(22)11-9-18-17-6-4-13-12-14(21)5-7-15(13)16(17)8-10-19(18,20)2;1-3-20(22)11-9-14-13(12-20)4-5-16-15(14)8-10-19(2)17(16)6-7-18(19)21/h1,13-17,19,23H,5-12H2,2-3H3;12-13,16-19,23H,4-11H2,1-3H3;12,15-18,22H,3-11H2,1-2H3;1,13-17,22H,4-12H2,2H3/t13-,14-,15+,16?,17?,19-,20+,21+;13-,16+,17-,18+,19-,20+,21+;15-,16+,17+,18-,19-,20-;13-,14+,15?,16-,17?,19+,20+/m1101/s1. The molecular weight excluding hydrogens is 1110 g/mol. The van der Waals surface area contributed by atoms with E-state index >= 15 is 0 Å². The van der Waals surface area contributed by atoms with Crippen molar-refractivity contribution in [2.75, 3.05) is 0 Å². The Bertz CT molecular complexity index is 2940. The Hall–Kier alpha value is -2.88. The lowest BCUT2D eigenvalue weighted by Gasteiger charge is -2.57. The molecular formula is C82H120O8. The number of aliphatic hydroxyl groups is 4. The summed E-state index contributed by atoms with van der Waals surface area (Å²) in [6.07, 6.45) is 50.8. The monoisotopic (exact) mass is 1230 g/mol. The Morgan fingerprint density at radius 3 is 1.54 bits per heavy atom. The number of carbonyl (C=O) groups excluding carboxylic acids is 4. The first kappa shape index (κ1) is 65.8. The molecule has 0 aromatic heterocycles. The van der Waals surface area contributed by atoms with Crippen LogP contribution in [0, 0.1) is 165 Å². The zero-order valence-corrected chi connectivity index (χ0v) is 57.3. The number of fused-ring (bicyclic) bond motifs is 20. The van der Waals surface area contributed by atoms with E-state index in [1.54, 1.807) is 0 Å². The Labute approximate surface area is 544 Å². The highest BCUT2D eigenvalue weighted by Gasteiger charge is 2.65. The van der Waals surface area contributed by atoms with E-state index < -0.39 is 22.4 Å². The van der Waals surface area contributed by atoms with Crippen LogP contribution in [0.3, 0.4) is 0 Å². The first-order valence-corrected chi connectivity index (χ1v) is 38.1. The Balaban J connectivity index is 0.000000110. The van der Waals surface area contributed by atoms with Gasteiger partial charge in [0.2, 0.25) is 0 Å². The number of carbonyl (C=O) groups is 4. The van der Waals surface area contributed by atoms with E-state index in [1.807, 2.05) is 12.2 Å². The second-order valence-electron chi connectivity index (χ2n) is 36.0. The highest BCUT2D eigenvalue weighted by atomic mass is 16.3. The van der Waals surface area contributed by atoms with Gasteiger partial charge in [-0.1, -0.05) is 78.4 Å². The first-order chi connectivity index (χ1) is 42.7. The van der Waals surface area contributed by atoms with Gasteiger partial charge in [0.25, 0.3) is 0 Å². The van der Waals surface area contributed by atoms with Crippen molar-refractivity contribution in [1.82, 2.24) is 0 Å². The van der Waals surface area contributed by atoms with Crippen LogP contribution in [0.25, 0.3) is 0 Å². The predicted molar refractivity (Wildman–Crippen MR) is 356 cm³/mol. The molecule has 0 aliphatic heterocycles. The van der Waals surface area contributed by atoms with E-state index in [1.165, 1.54) is 88.2 Å². The summed E-state index contributed by atoms with van der Waals surface area (Å²) >= 11 is 0. The maximum absolute atomic E-state index is 12.5. The van der Waals surface area contributed by atoms with Crippen molar-refractivity contribution >= 4 is 23.1 Å². The van der Waals surface area contributed by atoms with Gasteiger partial charge in [-0.25, -0.2) is 0 Å². The zero-order chi connectivity index (χ0) is 63.9. The third-order valence-corrected chi connectivity index (χ3v) is 33.1. The van der Waals surface area contributed by atoms with E-state index in [0.29, 0.717) is 82.3 Å². The number of allylic oxidation sites excluding steroid dienone is 2. The Morgan fingerprint density at radius 1 is 0.433 bits per heavy atom. The van der Waals surface area contributed by atoms with Gasteiger partial charge in [-0.2, -0.15) is 0 Å². The van der Waals surface area contributed by atoms with Crippen molar-refractivity contribution in [2.24, 2.45) is 140 Å². The molecule has 4 N–H and O–H groups in total. The van der Waals surface area contributed by atoms with Crippen LogP contribution in [0.5, 0.6) is 0 Å². The summed E-state index contributed by atoms with van der Waals surface area (Å²) in [6.45, 7) is 18.4. The number of hydrogen-bond acceptors (Lipinski definition) is 8. The summed E-state index contributed by atoms with van der Waals surface area (Å²) in [7, 11) is 0. The molecule has 14 saturated carbocycles. The molecule has 90 heavy (non-hydrogen) atoms. The topological polar surface area (TPSA) is 149 Å². The van der Waals surface area contributed by atoms with Crippen molar-refractivity contribution in [3.05, 3.63) is 23.3 Å². The number of terminal acetylenes is 2. The number of Topliss-reactive ketones (excluding diaryl/α,β-unsaturated/α-hetero) is 2. The minimum atomic E-state index is -0.861. The normalized spacial score (nSPS) is 53.2. The van der Waals surface area contributed by atoms with Crippen molar-refractivity contribution in [1.29, 1.82) is 0 Å². The van der Waals surface area contributed by atoms with Crippen molar-refractivity contribution in [3.8, 4) is 24.7 Å². The molecule has 8 heteroatoms. The van der Waals surface area contributed by atoms with Crippen LogP contribution in [-0.2, 0) is 19.2 Å². The lowest BCUT2D eigenvalue weighted by atomic mass is 9.47. The molecule has 0 amide bonds. The molecule has 0 bridgehead atoms. The van der Waals surface area contributed by atoms with Crippen LogP contribution in [0.1, 0.15) is 274 Å². The molecule has 16 aliphatic rings. The van der Waals surface area contributed by atoms with Crippen LogP contribution in [0.2, 0.25) is 0 Å². The molecule has 496 valence electrons. The fourth-order valence-corrected chi connectivity index (χ4v) is 28.2. The fourth-order valence-electron chi connectivity index (χ4n) is 28.2.